The quantitative estimate of drug-likeness (QED) is 0.695. The van der Waals surface area contributed by atoms with Crippen LogP contribution in [0.3, 0.4) is 0 Å². The van der Waals surface area contributed by atoms with Gasteiger partial charge in [-0.3, -0.25) is 4.90 Å². The third-order valence-corrected chi connectivity index (χ3v) is 3.10. The normalized spacial score (nSPS) is 20.7. The van der Waals surface area contributed by atoms with Crippen LogP contribution in [0.25, 0.3) is 0 Å². The maximum Gasteiger partial charge on any atom is 0.162 e. The van der Waals surface area contributed by atoms with Crippen molar-refractivity contribution in [2.45, 2.75) is 45.2 Å². The van der Waals surface area contributed by atoms with Crippen LogP contribution in [-0.4, -0.2) is 43.7 Å². The van der Waals surface area contributed by atoms with E-state index in [0.29, 0.717) is 6.04 Å². The minimum atomic E-state index is 0.279. The van der Waals surface area contributed by atoms with Crippen molar-refractivity contribution in [2.24, 2.45) is 0 Å². The number of likely N-dealkylation sites (tertiary alicyclic amines) is 1. The van der Waals surface area contributed by atoms with Crippen LogP contribution in [0.1, 0.15) is 39.7 Å². The van der Waals surface area contributed by atoms with E-state index in [4.69, 9.17) is 0 Å². The predicted molar refractivity (Wildman–Crippen MR) is 57.4 cm³/mol. The zero-order chi connectivity index (χ0) is 10.9. The maximum absolute atomic E-state index is 4.10. The zero-order valence-electron chi connectivity index (χ0n) is 9.72. The van der Waals surface area contributed by atoms with Gasteiger partial charge in [0, 0.05) is 18.6 Å². The smallest absolute Gasteiger partial charge is 0.162 e. The van der Waals surface area contributed by atoms with Gasteiger partial charge < -0.3 is 0 Å². The lowest BCUT2D eigenvalue weighted by Gasteiger charge is -2.40. The summed E-state index contributed by atoms with van der Waals surface area (Å²) in [6.45, 7) is 9.04. The van der Waals surface area contributed by atoms with Crippen molar-refractivity contribution in [3.05, 3.63) is 6.33 Å². The van der Waals surface area contributed by atoms with Crippen LogP contribution in [-0.2, 0) is 0 Å². The second-order valence-electron chi connectivity index (χ2n) is 5.15. The average molecular weight is 209 g/mol. The number of aromatic nitrogens is 4. The molecule has 0 aliphatic carbocycles. The first-order valence-corrected chi connectivity index (χ1v) is 5.55. The highest BCUT2D eigenvalue weighted by atomic mass is 15.6. The highest BCUT2D eigenvalue weighted by Gasteiger charge is 2.28. The molecule has 0 spiro atoms. The first-order valence-electron chi connectivity index (χ1n) is 5.55. The molecule has 5 nitrogen and oxygen atoms in total. The highest BCUT2D eigenvalue weighted by molar-refractivity contribution is 4.82. The van der Waals surface area contributed by atoms with Gasteiger partial charge in [-0.1, -0.05) is 0 Å². The lowest BCUT2D eigenvalue weighted by molar-refractivity contribution is 0.0830. The molecule has 1 aromatic rings. The summed E-state index contributed by atoms with van der Waals surface area (Å²) in [6.07, 6.45) is 3.75. The SMILES string of the molecule is CC(C)(C)N1CCC(n2ncnn2)CC1. The van der Waals surface area contributed by atoms with Gasteiger partial charge in [0.25, 0.3) is 0 Å². The minimum absolute atomic E-state index is 0.279. The summed E-state index contributed by atoms with van der Waals surface area (Å²) in [4.78, 5) is 4.26. The summed E-state index contributed by atoms with van der Waals surface area (Å²) in [5, 5.41) is 11.8. The fourth-order valence-corrected chi connectivity index (χ4v) is 2.11. The zero-order valence-corrected chi connectivity index (χ0v) is 9.72. The van der Waals surface area contributed by atoms with Crippen LogP contribution in [0, 0.1) is 0 Å². The van der Waals surface area contributed by atoms with Crippen molar-refractivity contribution in [2.75, 3.05) is 13.1 Å². The number of hydrogen-bond donors (Lipinski definition) is 0. The van der Waals surface area contributed by atoms with Crippen LogP contribution in [0.15, 0.2) is 6.33 Å². The molecule has 0 atom stereocenters. The van der Waals surface area contributed by atoms with E-state index in [1.165, 1.54) is 6.33 Å². The van der Waals surface area contributed by atoms with Crippen molar-refractivity contribution in [1.29, 1.82) is 0 Å². The lowest BCUT2D eigenvalue weighted by atomic mass is 9.98. The molecule has 1 saturated heterocycles. The molecular formula is C10H19N5. The summed E-state index contributed by atoms with van der Waals surface area (Å²) in [6, 6.07) is 0.436. The van der Waals surface area contributed by atoms with Crippen molar-refractivity contribution in [3.8, 4) is 0 Å². The van der Waals surface area contributed by atoms with Crippen molar-refractivity contribution in [1.82, 2.24) is 25.1 Å². The Bertz CT molecular complexity index is 292. The topological polar surface area (TPSA) is 46.8 Å². The van der Waals surface area contributed by atoms with E-state index >= 15 is 0 Å². The Morgan fingerprint density at radius 3 is 2.33 bits per heavy atom. The molecule has 0 aromatic carbocycles. The molecule has 0 bridgehead atoms. The molecule has 1 aliphatic heterocycles. The summed E-state index contributed by atoms with van der Waals surface area (Å²) < 4.78 is 0. The Morgan fingerprint density at radius 2 is 1.87 bits per heavy atom. The van der Waals surface area contributed by atoms with Gasteiger partial charge in [0.05, 0.1) is 6.04 Å². The van der Waals surface area contributed by atoms with Crippen LogP contribution in [0.4, 0.5) is 0 Å². The van der Waals surface area contributed by atoms with Crippen molar-refractivity contribution < 1.29 is 0 Å². The lowest BCUT2D eigenvalue weighted by Crippen LogP contribution is -2.46. The molecule has 5 heteroatoms. The first-order chi connectivity index (χ1) is 7.07. The van der Waals surface area contributed by atoms with Crippen molar-refractivity contribution >= 4 is 0 Å². The molecular weight excluding hydrogens is 190 g/mol. The minimum Gasteiger partial charge on any atom is -0.298 e. The van der Waals surface area contributed by atoms with E-state index in [1.54, 1.807) is 4.80 Å². The predicted octanol–water partition coefficient (Wildman–Crippen LogP) is 1.11. The fourth-order valence-electron chi connectivity index (χ4n) is 2.11. The van der Waals surface area contributed by atoms with Crippen LogP contribution >= 0.6 is 0 Å². The van der Waals surface area contributed by atoms with Gasteiger partial charge in [-0.05, 0) is 38.8 Å². The third kappa shape index (κ3) is 2.34. The Labute approximate surface area is 90.5 Å². The Hall–Kier alpha value is -0.970. The van der Waals surface area contributed by atoms with Gasteiger partial charge in [0.2, 0.25) is 0 Å². The molecule has 15 heavy (non-hydrogen) atoms. The number of nitrogens with zero attached hydrogens (tertiary/aromatic N) is 5. The standard InChI is InChI=1S/C10H19N5/c1-10(2,3)14-6-4-9(5-7-14)15-12-8-11-13-15/h8-9H,4-7H2,1-3H3. The van der Waals surface area contributed by atoms with Gasteiger partial charge in [-0.2, -0.15) is 4.80 Å². The van der Waals surface area contributed by atoms with E-state index in [0.717, 1.165) is 25.9 Å². The summed E-state index contributed by atoms with van der Waals surface area (Å²) in [5.74, 6) is 0. The largest absolute Gasteiger partial charge is 0.298 e. The molecule has 1 fully saturated rings. The molecule has 0 radical (unpaired) electrons. The van der Waals surface area contributed by atoms with Crippen molar-refractivity contribution in [3.63, 3.8) is 0 Å². The molecule has 2 heterocycles. The summed E-state index contributed by atoms with van der Waals surface area (Å²) >= 11 is 0. The molecule has 0 amide bonds. The molecule has 2 rings (SSSR count). The Kier molecular flexibility index (Phi) is 2.73. The number of tetrazole rings is 1. The van der Waals surface area contributed by atoms with Crippen LogP contribution in [0.2, 0.25) is 0 Å². The van der Waals surface area contributed by atoms with E-state index in [2.05, 4.69) is 41.1 Å². The Balaban J connectivity index is 1.93. The van der Waals surface area contributed by atoms with E-state index in [1.807, 2.05) is 0 Å². The second kappa shape index (κ2) is 3.89. The molecule has 0 unspecified atom stereocenters. The third-order valence-electron chi connectivity index (χ3n) is 3.10. The average Bonchev–Trinajstić information content (AvgIpc) is 2.69. The van der Waals surface area contributed by atoms with E-state index < -0.39 is 0 Å². The fraction of sp³-hybridized carbons (Fsp3) is 0.900. The monoisotopic (exact) mass is 209 g/mol. The van der Waals surface area contributed by atoms with Gasteiger partial charge in [0.1, 0.15) is 0 Å². The van der Waals surface area contributed by atoms with Crippen LogP contribution < -0.4 is 0 Å². The van der Waals surface area contributed by atoms with E-state index in [-0.39, 0.29) is 5.54 Å². The summed E-state index contributed by atoms with van der Waals surface area (Å²) in [7, 11) is 0. The first kappa shape index (κ1) is 10.5. The van der Waals surface area contributed by atoms with Gasteiger partial charge in [-0.25, -0.2) is 0 Å². The number of rotatable bonds is 1. The number of piperidine rings is 1. The molecule has 0 N–H and O–H groups in total. The highest BCUT2D eigenvalue weighted by Crippen LogP contribution is 2.25. The van der Waals surface area contributed by atoms with E-state index in [9.17, 15) is 0 Å². The van der Waals surface area contributed by atoms with Gasteiger partial charge >= 0.3 is 0 Å². The number of hydrogen-bond acceptors (Lipinski definition) is 4. The second-order valence-corrected chi connectivity index (χ2v) is 5.15. The van der Waals surface area contributed by atoms with Gasteiger partial charge in [0.15, 0.2) is 6.33 Å². The molecule has 0 saturated carbocycles. The summed E-state index contributed by atoms with van der Waals surface area (Å²) in [5.41, 5.74) is 0.279. The molecule has 1 aliphatic rings. The Morgan fingerprint density at radius 1 is 1.20 bits per heavy atom. The van der Waals surface area contributed by atoms with Crippen LogP contribution in [0.5, 0.6) is 0 Å². The van der Waals surface area contributed by atoms with Gasteiger partial charge in [-0.15, -0.1) is 10.2 Å². The molecule has 1 aromatic heterocycles. The molecule has 84 valence electrons. The maximum atomic E-state index is 4.10.